The molecule has 0 amide bonds. The van der Waals surface area contributed by atoms with Gasteiger partial charge in [0.05, 0.1) is 0 Å². The minimum absolute atomic E-state index is 0.578. The first-order valence-electron chi connectivity index (χ1n) is 13.0. The van der Waals surface area contributed by atoms with Crippen molar-refractivity contribution in [3.63, 3.8) is 0 Å². The summed E-state index contributed by atoms with van der Waals surface area (Å²) in [5.41, 5.74) is 0. The van der Waals surface area contributed by atoms with Gasteiger partial charge in [-0.15, -0.1) is 10.2 Å². The number of nitrogens with zero attached hydrogens (tertiary/aromatic N) is 7. The molecule has 4 aliphatic rings. The molecule has 2 aliphatic heterocycles. The molecule has 8 nitrogen and oxygen atoms in total. The smallest absolute Gasteiger partial charge is 0.194 e. The molecule has 2 saturated heterocycles. The second-order valence-electron chi connectivity index (χ2n) is 10.4. The van der Waals surface area contributed by atoms with E-state index in [-0.39, 0.29) is 0 Å². The monoisotopic (exact) mass is 442 g/mol. The molecule has 2 saturated carbocycles. The van der Waals surface area contributed by atoms with Crippen molar-refractivity contribution in [2.45, 2.75) is 71.0 Å². The van der Waals surface area contributed by atoms with Crippen LogP contribution in [0.1, 0.15) is 57.1 Å². The maximum absolute atomic E-state index is 5.04. The van der Waals surface area contributed by atoms with Gasteiger partial charge < -0.3 is 14.8 Å². The molecule has 1 aromatic heterocycles. The van der Waals surface area contributed by atoms with Gasteiger partial charge in [-0.05, 0) is 64.0 Å². The van der Waals surface area contributed by atoms with Crippen LogP contribution in [0.4, 0.5) is 0 Å². The van der Waals surface area contributed by atoms with Crippen molar-refractivity contribution in [3.8, 4) is 0 Å². The van der Waals surface area contributed by atoms with E-state index in [0.29, 0.717) is 12.6 Å². The Bertz CT molecular complexity index is 796. The molecule has 4 fully saturated rings. The van der Waals surface area contributed by atoms with Crippen LogP contribution in [-0.2, 0) is 13.6 Å². The van der Waals surface area contributed by atoms with Crippen molar-refractivity contribution < 1.29 is 0 Å². The molecular formula is C24H42N8. The minimum Gasteiger partial charge on any atom is -0.355 e. The Morgan fingerprint density at radius 3 is 2.56 bits per heavy atom. The minimum atomic E-state index is 0.578. The first-order valence-corrected chi connectivity index (χ1v) is 13.0. The Labute approximate surface area is 193 Å². The molecule has 5 rings (SSSR count). The highest BCUT2D eigenvalue weighted by Crippen LogP contribution is 2.46. The molecule has 178 valence electrons. The summed E-state index contributed by atoms with van der Waals surface area (Å²) >= 11 is 0. The van der Waals surface area contributed by atoms with E-state index in [1.807, 2.05) is 18.5 Å². The second-order valence-corrected chi connectivity index (χ2v) is 10.4. The SMILES string of the molecule is CCN1CCCC1CNC(=NCc1nnc(C)n1C)N1CCN(C2CC3CCC2C3)CC1. The summed E-state index contributed by atoms with van der Waals surface area (Å²) in [5.74, 6) is 4.91. The van der Waals surface area contributed by atoms with Crippen molar-refractivity contribution >= 4 is 5.96 Å². The first kappa shape index (κ1) is 22.1. The topological polar surface area (TPSA) is 64.8 Å². The number of likely N-dealkylation sites (tertiary alicyclic amines) is 1. The van der Waals surface area contributed by atoms with Gasteiger partial charge in [0.15, 0.2) is 11.8 Å². The van der Waals surface area contributed by atoms with E-state index in [9.17, 15) is 0 Å². The molecule has 4 atom stereocenters. The fourth-order valence-electron chi connectivity index (χ4n) is 6.68. The summed E-state index contributed by atoms with van der Waals surface area (Å²) in [6.45, 7) is 12.7. The van der Waals surface area contributed by atoms with Gasteiger partial charge in [0.1, 0.15) is 12.4 Å². The molecular weight excluding hydrogens is 400 g/mol. The number of aromatic nitrogens is 3. The molecule has 32 heavy (non-hydrogen) atoms. The number of guanidine groups is 1. The van der Waals surface area contributed by atoms with E-state index in [1.165, 1.54) is 58.2 Å². The van der Waals surface area contributed by atoms with Gasteiger partial charge in [-0.2, -0.15) is 0 Å². The zero-order valence-electron chi connectivity index (χ0n) is 20.3. The van der Waals surface area contributed by atoms with Crippen LogP contribution in [0.15, 0.2) is 4.99 Å². The summed E-state index contributed by atoms with van der Waals surface area (Å²) in [4.78, 5) is 12.9. The highest BCUT2D eigenvalue weighted by Gasteiger charge is 2.42. The van der Waals surface area contributed by atoms with Crippen LogP contribution >= 0.6 is 0 Å². The molecule has 2 aliphatic carbocycles. The third kappa shape index (κ3) is 4.53. The Morgan fingerprint density at radius 1 is 1.06 bits per heavy atom. The molecule has 0 radical (unpaired) electrons. The average molecular weight is 443 g/mol. The van der Waals surface area contributed by atoms with Crippen LogP contribution in [0.25, 0.3) is 0 Å². The molecule has 0 aromatic carbocycles. The maximum atomic E-state index is 5.04. The van der Waals surface area contributed by atoms with Crippen LogP contribution < -0.4 is 5.32 Å². The fourth-order valence-corrected chi connectivity index (χ4v) is 6.68. The van der Waals surface area contributed by atoms with Gasteiger partial charge in [-0.3, -0.25) is 9.80 Å². The molecule has 1 N–H and O–H groups in total. The lowest BCUT2D eigenvalue weighted by Crippen LogP contribution is -2.56. The summed E-state index contributed by atoms with van der Waals surface area (Å²) < 4.78 is 2.05. The Morgan fingerprint density at radius 2 is 1.91 bits per heavy atom. The average Bonchev–Trinajstić information content (AvgIpc) is 3.61. The Balaban J connectivity index is 1.23. The van der Waals surface area contributed by atoms with E-state index in [1.54, 1.807) is 0 Å². The second kappa shape index (κ2) is 9.67. The summed E-state index contributed by atoms with van der Waals surface area (Å²) in [5, 5.41) is 12.3. The lowest BCUT2D eigenvalue weighted by Gasteiger charge is -2.42. The van der Waals surface area contributed by atoms with Crippen molar-refractivity contribution in [3.05, 3.63) is 11.6 Å². The summed E-state index contributed by atoms with van der Waals surface area (Å²) in [6, 6.07) is 1.47. The number of aryl methyl sites for hydroxylation is 1. The summed E-state index contributed by atoms with van der Waals surface area (Å²) in [6.07, 6.45) is 8.49. The number of aliphatic imine (C=N–C) groups is 1. The largest absolute Gasteiger partial charge is 0.355 e. The van der Waals surface area contributed by atoms with Gasteiger partial charge in [-0.25, -0.2) is 4.99 Å². The van der Waals surface area contributed by atoms with Crippen molar-refractivity contribution in [1.82, 2.24) is 34.8 Å². The number of piperazine rings is 1. The molecule has 2 bridgehead atoms. The van der Waals surface area contributed by atoms with Crippen molar-refractivity contribution in [2.24, 2.45) is 23.9 Å². The van der Waals surface area contributed by atoms with Gasteiger partial charge in [0, 0.05) is 51.9 Å². The Kier molecular flexibility index (Phi) is 6.69. The summed E-state index contributed by atoms with van der Waals surface area (Å²) in [7, 11) is 2.03. The molecule has 1 aromatic rings. The number of nitrogens with one attached hydrogen (secondary N) is 1. The normalized spacial score (nSPS) is 31.7. The van der Waals surface area contributed by atoms with Crippen LogP contribution in [0.3, 0.4) is 0 Å². The van der Waals surface area contributed by atoms with E-state index in [4.69, 9.17) is 4.99 Å². The van der Waals surface area contributed by atoms with Crippen LogP contribution in [0.2, 0.25) is 0 Å². The Hall–Kier alpha value is -1.67. The molecule has 3 heterocycles. The lowest BCUT2D eigenvalue weighted by atomic mass is 9.93. The number of hydrogen-bond donors (Lipinski definition) is 1. The molecule has 0 spiro atoms. The zero-order chi connectivity index (χ0) is 22.1. The van der Waals surface area contributed by atoms with Crippen LogP contribution in [0, 0.1) is 18.8 Å². The fraction of sp³-hybridized carbons (Fsp3) is 0.875. The highest BCUT2D eigenvalue weighted by molar-refractivity contribution is 5.80. The molecule has 8 heteroatoms. The van der Waals surface area contributed by atoms with Crippen molar-refractivity contribution in [1.29, 1.82) is 0 Å². The van der Waals surface area contributed by atoms with Crippen molar-refractivity contribution in [2.75, 3.05) is 45.8 Å². The number of rotatable bonds is 6. The van der Waals surface area contributed by atoms with Gasteiger partial charge in [-0.1, -0.05) is 13.3 Å². The predicted octanol–water partition coefficient (Wildman–Crippen LogP) is 1.86. The van der Waals surface area contributed by atoms with E-state index in [2.05, 4.69) is 37.1 Å². The predicted molar refractivity (Wildman–Crippen MR) is 128 cm³/mol. The first-order chi connectivity index (χ1) is 15.6. The zero-order valence-corrected chi connectivity index (χ0v) is 20.3. The van der Waals surface area contributed by atoms with Gasteiger partial charge in [0.25, 0.3) is 0 Å². The van der Waals surface area contributed by atoms with Crippen LogP contribution in [0.5, 0.6) is 0 Å². The quantitative estimate of drug-likeness (QED) is 0.536. The van der Waals surface area contributed by atoms with E-state index >= 15 is 0 Å². The highest BCUT2D eigenvalue weighted by atomic mass is 15.4. The van der Waals surface area contributed by atoms with Gasteiger partial charge in [0.2, 0.25) is 0 Å². The third-order valence-electron chi connectivity index (χ3n) is 8.74. The standard InChI is InChI=1S/C24H42N8/c1-4-30-9-5-6-21(30)16-25-24(26-17-23-28-27-18(2)29(23)3)32-12-10-31(11-13-32)22-15-19-7-8-20(22)14-19/h19-22H,4-17H2,1-3H3,(H,25,26). The van der Waals surface area contributed by atoms with Gasteiger partial charge >= 0.3 is 0 Å². The number of hydrogen-bond acceptors (Lipinski definition) is 5. The lowest BCUT2D eigenvalue weighted by molar-refractivity contribution is 0.0955. The van der Waals surface area contributed by atoms with E-state index in [0.717, 1.165) is 61.7 Å². The van der Waals surface area contributed by atoms with E-state index < -0.39 is 0 Å². The molecule has 4 unspecified atom stereocenters. The van der Waals surface area contributed by atoms with Crippen LogP contribution in [-0.4, -0.2) is 93.3 Å². The number of likely N-dealkylation sites (N-methyl/N-ethyl adjacent to an activating group) is 1. The maximum Gasteiger partial charge on any atom is 0.194 e. The number of fused-ring (bicyclic) bond motifs is 2. The third-order valence-corrected chi connectivity index (χ3v) is 8.74.